The lowest BCUT2D eigenvalue weighted by atomic mass is 10.1. The maximum atomic E-state index is 5.87. The summed E-state index contributed by atoms with van der Waals surface area (Å²) < 4.78 is 16.5. The number of likely N-dealkylation sites (tertiary alicyclic amines) is 1. The zero-order chi connectivity index (χ0) is 18.2. The van der Waals surface area contributed by atoms with Crippen LogP contribution in [0.2, 0.25) is 0 Å². The summed E-state index contributed by atoms with van der Waals surface area (Å²) in [5, 5.41) is 4.61. The first-order chi connectivity index (χ1) is 12.8. The molecule has 1 atom stereocenters. The third-order valence-corrected chi connectivity index (χ3v) is 4.71. The number of fused-ring (bicyclic) bond motifs is 1. The van der Waals surface area contributed by atoms with Crippen molar-refractivity contribution in [2.75, 3.05) is 53.6 Å². The van der Waals surface area contributed by atoms with E-state index in [4.69, 9.17) is 13.9 Å². The molecule has 7 heteroatoms. The highest BCUT2D eigenvalue weighted by molar-refractivity contribution is 14.0. The molecule has 1 aromatic carbocycles. The molecule has 0 aliphatic carbocycles. The summed E-state index contributed by atoms with van der Waals surface area (Å²) in [7, 11) is 3.54. The van der Waals surface area contributed by atoms with Crippen LogP contribution in [0.5, 0.6) is 0 Å². The van der Waals surface area contributed by atoms with E-state index in [-0.39, 0.29) is 24.0 Å². The van der Waals surface area contributed by atoms with Gasteiger partial charge in [0.25, 0.3) is 0 Å². The third-order valence-electron chi connectivity index (χ3n) is 4.71. The van der Waals surface area contributed by atoms with Gasteiger partial charge in [-0.25, -0.2) is 0 Å². The van der Waals surface area contributed by atoms with Gasteiger partial charge in [-0.2, -0.15) is 0 Å². The van der Waals surface area contributed by atoms with Crippen LogP contribution < -0.4 is 5.32 Å². The highest BCUT2D eigenvalue weighted by atomic mass is 127. The molecular formula is C20H30IN3O3. The fraction of sp³-hybridized carbons (Fsp3) is 0.550. The standard InChI is InChI=1S/C20H29N3O3.HI/c1-21-20(23-10-8-16(14-23)15-25-12-11-24-2)22-9-7-18-13-17-5-3-4-6-19(17)26-18;/h3-6,13,16H,7-12,14-15H2,1-2H3,(H,21,22);1H. The Balaban J connectivity index is 0.00000261. The van der Waals surface area contributed by atoms with Crippen LogP contribution in [-0.4, -0.2) is 64.5 Å². The number of nitrogens with zero attached hydrogens (tertiary/aromatic N) is 2. The van der Waals surface area contributed by atoms with Gasteiger partial charge in [0.2, 0.25) is 0 Å². The van der Waals surface area contributed by atoms with Crippen molar-refractivity contribution in [2.45, 2.75) is 12.8 Å². The minimum Gasteiger partial charge on any atom is -0.461 e. The molecule has 0 spiro atoms. The predicted molar refractivity (Wildman–Crippen MR) is 119 cm³/mol. The third kappa shape index (κ3) is 6.36. The molecule has 0 amide bonds. The van der Waals surface area contributed by atoms with Crippen LogP contribution in [0, 0.1) is 5.92 Å². The van der Waals surface area contributed by atoms with Crippen molar-refractivity contribution in [2.24, 2.45) is 10.9 Å². The van der Waals surface area contributed by atoms with Crippen molar-refractivity contribution in [3.8, 4) is 0 Å². The summed E-state index contributed by atoms with van der Waals surface area (Å²) in [4.78, 5) is 6.74. The molecule has 3 rings (SSSR count). The number of ether oxygens (including phenoxy) is 2. The second-order valence-corrected chi connectivity index (χ2v) is 6.64. The van der Waals surface area contributed by atoms with E-state index in [9.17, 15) is 0 Å². The van der Waals surface area contributed by atoms with E-state index in [1.54, 1.807) is 7.11 Å². The highest BCUT2D eigenvalue weighted by Gasteiger charge is 2.24. The highest BCUT2D eigenvalue weighted by Crippen LogP contribution is 2.19. The second-order valence-electron chi connectivity index (χ2n) is 6.64. The van der Waals surface area contributed by atoms with Gasteiger partial charge in [0, 0.05) is 51.5 Å². The van der Waals surface area contributed by atoms with Gasteiger partial charge >= 0.3 is 0 Å². The lowest BCUT2D eigenvalue weighted by Crippen LogP contribution is -2.41. The summed E-state index contributed by atoms with van der Waals surface area (Å²) in [5.74, 6) is 2.52. The Labute approximate surface area is 178 Å². The van der Waals surface area contributed by atoms with Crippen molar-refractivity contribution in [1.82, 2.24) is 10.2 Å². The van der Waals surface area contributed by atoms with Gasteiger partial charge in [0.05, 0.1) is 19.8 Å². The molecular weight excluding hydrogens is 457 g/mol. The molecule has 1 aliphatic rings. The Hall–Kier alpha value is -1.32. The maximum absolute atomic E-state index is 5.87. The van der Waals surface area contributed by atoms with E-state index >= 15 is 0 Å². The van der Waals surface area contributed by atoms with Gasteiger partial charge in [-0.3, -0.25) is 4.99 Å². The van der Waals surface area contributed by atoms with E-state index in [1.165, 1.54) is 0 Å². The Bertz CT molecular complexity index is 686. The van der Waals surface area contributed by atoms with Gasteiger partial charge in [-0.05, 0) is 18.6 Å². The molecule has 2 aromatic rings. The largest absolute Gasteiger partial charge is 0.461 e. The number of methoxy groups -OCH3 is 1. The average molecular weight is 487 g/mol. The molecule has 1 unspecified atom stereocenters. The summed E-state index contributed by atoms with van der Waals surface area (Å²) in [6, 6.07) is 10.2. The Kier molecular flexibility index (Phi) is 9.36. The Morgan fingerprint density at radius 1 is 1.33 bits per heavy atom. The molecule has 1 N–H and O–H groups in total. The summed E-state index contributed by atoms with van der Waals surface area (Å²) in [6.45, 7) is 4.91. The van der Waals surface area contributed by atoms with Gasteiger partial charge in [-0.15, -0.1) is 24.0 Å². The summed E-state index contributed by atoms with van der Waals surface area (Å²) in [6.07, 6.45) is 1.97. The van der Waals surface area contributed by atoms with Crippen LogP contribution >= 0.6 is 24.0 Å². The molecule has 1 aromatic heterocycles. The van der Waals surface area contributed by atoms with Gasteiger partial charge in [-0.1, -0.05) is 18.2 Å². The SMILES string of the molecule is CN=C(NCCc1cc2ccccc2o1)N1CCC(COCCOC)C1.I. The lowest BCUT2D eigenvalue weighted by Gasteiger charge is -2.21. The van der Waals surface area contributed by atoms with Crippen molar-refractivity contribution >= 4 is 40.9 Å². The normalized spacial score (nSPS) is 17.3. The first kappa shape index (κ1) is 22.0. The topological polar surface area (TPSA) is 59.2 Å². The number of benzene rings is 1. The molecule has 27 heavy (non-hydrogen) atoms. The van der Waals surface area contributed by atoms with Gasteiger partial charge < -0.3 is 24.1 Å². The number of aliphatic imine (C=N–C) groups is 1. The Morgan fingerprint density at radius 2 is 2.19 bits per heavy atom. The summed E-state index contributed by atoms with van der Waals surface area (Å²) in [5.41, 5.74) is 0.947. The van der Waals surface area contributed by atoms with Crippen LogP contribution in [0.3, 0.4) is 0 Å². The molecule has 0 radical (unpaired) electrons. The molecule has 0 bridgehead atoms. The number of furan rings is 1. The average Bonchev–Trinajstić information content (AvgIpc) is 3.29. The first-order valence-corrected chi connectivity index (χ1v) is 9.30. The molecule has 1 saturated heterocycles. The van der Waals surface area contributed by atoms with Crippen LogP contribution in [-0.2, 0) is 15.9 Å². The molecule has 0 saturated carbocycles. The molecule has 1 fully saturated rings. The monoisotopic (exact) mass is 487 g/mol. The smallest absolute Gasteiger partial charge is 0.193 e. The minimum atomic E-state index is 0. The van der Waals surface area contributed by atoms with E-state index in [0.29, 0.717) is 19.1 Å². The van der Waals surface area contributed by atoms with Crippen LogP contribution in [0.15, 0.2) is 39.7 Å². The fourth-order valence-corrected chi connectivity index (χ4v) is 3.34. The Morgan fingerprint density at radius 3 is 2.96 bits per heavy atom. The number of hydrogen-bond acceptors (Lipinski definition) is 4. The second kappa shape index (κ2) is 11.5. The van der Waals surface area contributed by atoms with Crippen molar-refractivity contribution in [1.29, 1.82) is 0 Å². The van der Waals surface area contributed by atoms with E-state index < -0.39 is 0 Å². The van der Waals surface area contributed by atoms with Crippen molar-refractivity contribution in [3.63, 3.8) is 0 Å². The lowest BCUT2D eigenvalue weighted by molar-refractivity contribution is 0.0536. The zero-order valence-electron chi connectivity index (χ0n) is 16.1. The van der Waals surface area contributed by atoms with Crippen molar-refractivity contribution in [3.05, 3.63) is 36.1 Å². The van der Waals surface area contributed by atoms with E-state index in [1.807, 2.05) is 25.2 Å². The molecule has 1 aliphatic heterocycles. The van der Waals surface area contributed by atoms with E-state index in [0.717, 1.165) is 61.8 Å². The number of nitrogens with one attached hydrogen (secondary N) is 1. The fourth-order valence-electron chi connectivity index (χ4n) is 3.34. The predicted octanol–water partition coefficient (Wildman–Crippen LogP) is 3.15. The quantitative estimate of drug-likeness (QED) is 0.269. The first-order valence-electron chi connectivity index (χ1n) is 9.30. The maximum Gasteiger partial charge on any atom is 0.193 e. The summed E-state index contributed by atoms with van der Waals surface area (Å²) >= 11 is 0. The van der Waals surface area contributed by atoms with Crippen LogP contribution in [0.25, 0.3) is 11.0 Å². The molecule has 2 heterocycles. The number of guanidine groups is 1. The molecule has 6 nitrogen and oxygen atoms in total. The van der Waals surface area contributed by atoms with Crippen molar-refractivity contribution < 1.29 is 13.9 Å². The van der Waals surface area contributed by atoms with Gasteiger partial charge in [0.15, 0.2) is 5.96 Å². The van der Waals surface area contributed by atoms with Crippen LogP contribution in [0.4, 0.5) is 0 Å². The number of halogens is 1. The number of para-hydroxylation sites is 1. The van der Waals surface area contributed by atoms with E-state index in [2.05, 4.69) is 27.3 Å². The zero-order valence-corrected chi connectivity index (χ0v) is 18.5. The number of hydrogen-bond donors (Lipinski definition) is 1. The minimum absolute atomic E-state index is 0. The number of rotatable bonds is 8. The van der Waals surface area contributed by atoms with Crippen LogP contribution in [0.1, 0.15) is 12.2 Å². The van der Waals surface area contributed by atoms with Gasteiger partial charge in [0.1, 0.15) is 11.3 Å². The molecule has 150 valence electrons.